The third kappa shape index (κ3) is 8.93. The van der Waals surface area contributed by atoms with Gasteiger partial charge in [0.05, 0.1) is 18.3 Å². The SMILES string of the molecule is CO[C@@H]1[C@H]2O[C@@](O)(C(=O)C(=O)N3CCCC[C@H]3C(=O)OC(/C(C)=C/[C@@H]3CC[C@@H](O)[C@H](OC)C3)C(C)(C)/C=C/C(=O)O[C@H]1C(C)C)[C@H](C)C[C@@H]2OC. The molecule has 0 aromatic carbocycles. The molecule has 51 heavy (non-hydrogen) atoms. The number of fused-ring (bicyclic) bond motifs is 3. The summed E-state index contributed by atoms with van der Waals surface area (Å²) < 4.78 is 35.5. The van der Waals surface area contributed by atoms with Crippen molar-refractivity contribution in [3.8, 4) is 0 Å². The van der Waals surface area contributed by atoms with Gasteiger partial charge in [-0.1, -0.05) is 46.8 Å². The maximum Gasteiger partial charge on any atom is 0.330 e. The molecule has 2 bridgehead atoms. The van der Waals surface area contributed by atoms with E-state index < -0.39 is 83.4 Å². The van der Waals surface area contributed by atoms with Gasteiger partial charge in [0, 0.05) is 45.3 Å². The van der Waals surface area contributed by atoms with Crippen molar-refractivity contribution in [2.45, 2.75) is 141 Å². The van der Waals surface area contributed by atoms with E-state index in [1.807, 2.05) is 40.7 Å². The molecule has 0 spiro atoms. The highest BCUT2D eigenvalue weighted by Gasteiger charge is 2.58. The monoisotopic (exact) mass is 721 g/mol. The Kier molecular flexibility index (Phi) is 13.7. The first-order valence-corrected chi connectivity index (χ1v) is 18.3. The summed E-state index contributed by atoms with van der Waals surface area (Å²) in [6.45, 7) is 10.9. The maximum atomic E-state index is 14.1. The second-order valence-corrected chi connectivity index (χ2v) is 15.7. The number of Topliss-reactive ketones (excluding diaryl/α,β-unsaturated/α-hetero) is 1. The van der Waals surface area contributed by atoms with E-state index in [0.29, 0.717) is 32.1 Å². The van der Waals surface area contributed by atoms with Crippen LogP contribution in [0.2, 0.25) is 0 Å². The molecule has 3 heterocycles. The average molecular weight is 722 g/mol. The van der Waals surface area contributed by atoms with Gasteiger partial charge in [-0.3, -0.25) is 9.59 Å². The van der Waals surface area contributed by atoms with E-state index in [2.05, 4.69) is 0 Å². The van der Waals surface area contributed by atoms with Crippen molar-refractivity contribution in [3.05, 3.63) is 23.8 Å². The van der Waals surface area contributed by atoms with Gasteiger partial charge in [0.2, 0.25) is 5.79 Å². The van der Waals surface area contributed by atoms with Gasteiger partial charge in [-0.25, -0.2) is 9.59 Å². The Hall–Kier alpha value is -2.68. The third-order valence-corrected chi connectivity index (χ3v) is 11.2. The van der Waals surface area contributed by atoms with E-state index >= 15 is 0 Å². The van der Waals surface area contributed by atoms with E-state index in [4.69, 9.17) is 28.4 Å². The van der Waals surface area contributed by atoms with Crippen molar-refractivity contribution in [2.24, 2.45) is 23.2 Å². The first kappa shape index (κ1) is 41.1. The Morgan fingerprint density at radius 3 is 2.29 bits per heavy atom. The molecule has 1 saturated carbocycles. The quantitative estimate of drug-likeness (QED) is 0.234. The standard InChI is InChI=1S/C38H59NO12/c1-21(2)30-32(48-9)31-28(47-8)19-23(4)38(45,51-31)33(42)35(43)39-17-11-10-12-25(39)36(44)50-34(37(5,6)16-15-29(41)49-30)22(3)18-24-13-14-26(40)27(20-24)46-7/h15-16,18,21,23-28,30-32,34,40,45H,10-14,17,19-20H2,1-9H3/b16-15+,22-18+/t23-,24+,25+,26-,27-,28+,30+,31+,32+,34?,38-/m1/s1. The number of aliphatic hydroxyl groups excluding tert-OH is 1. The van der Waals surface area contributed by atoms with Crippen LogP contribution in [0, 0.1) is 23.2 Å². The molecule has 2 saturated heterocycles. The number of hydrogen-bond acceptors (Lipinski definition) is 12. The van der Waals surface area contributed by atoms with Gasteiger partial charge < -0.3 is 43.5 Å². The molecule has 0 radical (unpaired) electrons. The van der Waals surface area contributed by atoms with Gasteiger partial charge in [-0.15, -0.1) is 0 Å². The molecule has 11 atom stereocenters. The summed E-state index contributed by atoms with van der Waals surface area (Å²) in [4.78, 5) is 57.0. The fraction of sp³-hybridized carbons (Fsp3) is 0.789. The van der Waals surface area contributed by atoms with Gasteiger partial charge in [0.25, 0.3) is 11.7 Å². The number of ether oxygens (including phenoxy) is 6. The van der Waals surface area contributed by atoms with E-state index in [1.54, 1.807) is 20.1 Å². The molecule has 3 aliphatic heterocycles. The predicted molar refractivity (Wildman–Crippen MR) is 185 cm³/mol. The van der Waals surface area contributed by atoms with Crippen molar-refractivity contribution in [1.29, 1.82) is 0 Å². The molecule has 2 N–H and O–H groups in total. The summed E-state index contributed by atoms with van der Waals surface area (Å²) in [6.07, 6.45) is 2.93. The van der Waals surface area contributed by atoms with E-state index in [9.17, 15) is 29.4 Å². The number of hydrogen-bond donors (Lipinski definition) is 2. The lowest BCUT2D eigenvalue weighted by molar-refractivity contribution is -0.309. The Bertz CT molecular complexity index is 1330. The highest BCUT2D eigenvalue weighted by atomic mass is 16.7. The molecule has 0 aromatic heterocycles. The number of esters is 2. The van der Waals surface area contributed by atoms with Gasteiger partial charge in [0.15, 0.2) is 0 Å². The van der Waals surface area contributed by atoms with E-state index in [0.717, 1.165) is 5.57 Å². The number of rotatable bonds is 6. The fourth-order valence-corrected chi connectivity index (χ4v) is 8.15. The Morgan fingerprint density at radius 2 is 1.67 bits per heavy atom. The molecule has 3 fully saturated rings. The van der Waals surface area contributed by atoms with E-state index in [1.165, 1.54) is 25.2 Å². The fourth-order valence-electron chi connectivity index (χ4n) is 8.15. The number of piperidine rings is 1. The maximum absolute atomic E-state index is 14.1. The van der Waals surface area contributed by atoms with Crippen molar-refractivity contribution < 1.29 is 57.8 Å². The molecule has 13 nitrogen and oxygen atoms in total. The minimum atomic E-state index is -2.57. The Labute approximate surface area is 302 Å². The number of methoxy groups -OCH3 is 3. The Balaban J connectivity index is 1.81. The van der Waals surface area contributed by atoms with Crippen molar-refractivity contribution >= 4 is 23.6 Å². The minimum absolute atomic E-state index is 0.0343. The van der Waals surface area contributed by atoms with Crippen LogP contribution >= 0.6 is 0 Å². The molecule has 288 valence electrons. The summed E-state index contributed by atoms with van der Waals surface area (Å²) in [5, 5.41) is 22.3. The van der Waals surface area contributed by atoms with Crippen LogP contribution in [0.3, 0.4) is 0 Å². The summed E-state index contributed by atoms with van der Waals surface area (Å²) in [5.74, 6) is -7.33. The lowest BCUT2D eigenvalue weighted by atomic mass is 9.79. The highest BCUT2D eigenvalue weighted by molar-refractivity contribution is 6.39. The van der Waals surface area contributed by atoms with Crippen LogP contribution in [0.25, 0.3) is 0 Å². The first-order chi connectivity index (χ1) is 24.0. The zero-order valence-corrected chi connectivity index (χ0v) is 31.7. The number of aliphatic hydroxyl groups is 2. The van der Waals surface area contributed by atoms with Crippen LogP contribution in [0.4, 0.5) is 0 Å². The molecule has 4 aliphatic rings. The molecule has 0 aromatic rings. The Morgan fingerprint density at radius 1 is 0.980 bits per heavy atom. The summed E-state index contributed by atoms with van der Waals surface area (Å²) in [7, 11) is 4.46. The number of cyclic esters (lactones) is 2. The largest absolute Gasteiger partial charge is 0.456 e. The molecule has 1 unspecified atom stereocenters. The number of nitrogens with zero attached hydrogens (tertiary/aromatic N) is 1. The zero-order chi connectivity index (χ0) is 37.8. The number of carbonyl (C=O) groups is 4. The third-order valence-electron chi connectivity index (χ3n) is 11.2. The predicted octanol–water partition coefficient (Wildman–Crippen LogP) is 3.28. The average Bonchev–Trinajstić information content (AvgIpc) is 3.10. The molecular weight excluding hydrogens is 662 g/mol. The van der Waals surface area contributed by atoms with Crippen LogP contribution in [0.5, 0.6) is 0 Å². The van der Waals surface area contributed by atoms with Crippen molar-refractivity contribution in [2.75, 3.05) is 27.9 Å². The smallest absolute Gasteiger partial charge is 0.330 e. The second kappa shape index (κ2) is 17.0. The second-order valence-electron chi connectivity index (χ2n) is 15.7. The number of ketones is 1. The first-order valence-electron chi connectivity index (χ1n) is 18.3. The molecular formula is C38H59NO12. The van der Waals surface area contributed by atoms with Gasteiger partial charge in [-0.05, 0) is 69.3 Å². The normalized spacial score (nSPS) is 39.5. The van der Waals surface area contributed by atoms with Crippen molar-refractivity contribution in [3.63, 3.8) is 0 Å². The lowest BCUT2D eigenvalue weighted by Crippen LogP contribution is -2.65. The topological polar surface area (TPSA) is 167 Å². The summed E-state index contributed by atoms with van der Waals surface area (Å²) in [6, 6.07) is -1.09. The molecule has 1 aliphatic carbocycles. The number of allylic oxidation sites excluding steroid dienone is 1. The number of amides is 1. The molecule has 4 rings (SSSR count). The molecule has 1 amide bonds. The summed E-state index contributed by atoms with van der Waals surface area (Å²) in [5.41, 5.74) is -0.225. The van der Waals surface area contributed by atoms with Crippen molar-refractivity contribution in [1.82, 2.24) is 4.90 Å². The van der Waals surface area contributed by atoms with Gasteiger partial charge >= 0.3 is 11.9 Å². The minimum Gasteiger partial charge on any atom is -0.456 e. The van der Waals surface area contributed by atoms with Crippen LogP contribution in [-0.2, 0) is 47.6 Å². The molecule has 13 heteroatoms. The van der Waals surface area contributed by atoms with Crippen LogP contribution in [0.1, 0.15) is 86.5 Å². The van der Waals surface area contributed by atoms with Crippen LogP contribution < -0.4 is 0 Å². The van der Waals surface area contributed by atoms with Gasteiger partial charge in [0.1, 0.15) is 30.5 Å². The lowest BCUT2D eigenvalue weighted by Gasteiger charge is -2.48. The zero-order valence-electron chi connectivity index (χ0n) is 31.7. The van der Waals surface area contributed by atoms with E-state index in [-0.39, 0.29) is 37.3 Å². The summed E-state index contributed by atoms with van der Waals surface area (Å²) >= 11 is 0. The van der Waals surface area contributed by atoms with Gasteiger partial charge in [-0.2, -0.15) is 0 Å². The van der Waals surface area contributed by atoms with Crippen LogP contribution in [-0.4, -0.2) is 121 Å². The number of carbonyl (C=O) groups excluding carboxylic acids is 4. The highest BCUT2D eigenvalue weighted by Crippen LogP contribution is 2.40. The van der Waals surface area contributed by atoms with Crippen LogP contribution in [0.15, 0.2) is 23.8 Å².